The van der Waals surface area contributed by atoms with Gasteiger partial charge in [0.05, 0.1) is 12.1 Å². The number of carbonyl (C=O) groups is 2. The second-order valence-corrected chi connectivity index (χ2v) is 7.94. The fraction of sp³-hybridized carbons (Fsp3) is 0.185. The average molecular weight is 469 g/mol. The third-order valence-corrected chi connectivity index (χ3v) is 5.68. The first kappa shape index (κ1) is 23.7. The van der Waals surface area contributed by atoms with Crippen LogP contribution >= 0.6 is 0 Å². The van der Waals surface area contributed by atoms with Gasteiger partial charge in [0.25, 0.3) is 11.8 Å². The van der Waals surface area contributed by atoms with Crippen molar-refractivity contribution in [3.05, 3.63) is 102 Å². The maximum absolute atomic E-state index is 13.1. The molecule has 2 aromatic heterocycles. The molecule has 0 unspecified atom stereocenters. The summed E-state index contributed by atoms with van der Waals surface area (Å²) >= 11 is 0. The Bertz CT molecular complexity index is 1270. The number of nitrogens with zero attached hydrogens (tertiary/aromatic N) is 4. The molecule has 2 amide bonds. The standard InChI is InChI=1S/C27H28N6O2/c1-3-32(4-2)23-14-12-21(13-15-23)26(34)29-30-27(35)24-19-33(18-20-9-6-5-7-10-20)31-25(24)22-11-8-16-28-17-22/h5-17,19H,3-4,18H2,1-2H3,(H,29,34)(H,30,35). The van der Waals surface area contributed by atoms with Gasteiger partial charge in [0.15, 0.2) is 0 Å². The molecule has 0 saturated carbocycles. The highest BCUT2D eigenvalue weighted by atomic mass is 16.2. The Kier molecular flexibility index (Phi) is 7.52. The maximum Gasteiger partial charge on any atom is 0.273 e. The van der Waals surface area contributed by atoms with Crippen molar-refractivity contribution in [3.63, 3.8) is 0 Å². The smallest absolute Gasteiger partial charge is 0.273 e. The Hall–Kier alpha value is -4.46. The number of hydrogen-bond donors (Lipinski definition) is 2. The number of rotatable bonds is 8. The third-order valence-electron chi connectivity index (χ3n) is 5.68. The summed E-state index contributed by atoms with van der Waals surface area (Å²) in [6, 6.07) is 20.8. The van der Waals surface area contributed by atoms with E-state index in [1.807, 2.05) is 48.5 Å². The normalized spacial score (nSPS) is 10.6. The Morgan fingerprint density at radius 1 is 0.886 bits per heavy atom. The van der Waals surface area contributed by atoms with Gasteiger partial charge in [-0.15, -0.1) is 0 Å². The van der Waals surface area contributed by atoms with Gasteiger partial charge in [-0.3, -0.25) is 30.1 Å². The van der Waals surface area contributed by atoms with Gasteiger partial charge in [-0.25, -0.2) is 0 Å². The Morgan fingerprint density at radius 3 is 2.26 bits per heavy atom. The Morgan fingerprint density at radius 2 is 1.60 bits per heavy atom. The number of aromatic nitrogens is 3. The van der Waals surface area contributed by atoms with E-state index in [1.54, 1.807) is 41.5 Å². The largest absolute Gasteiger partial charge is 0.372 e. The van der Waals surface area contributed by atoms with Crippen LogP contribution in [0.1, 0.15) is 40.1 Å². The van der Waals surface area contributed by atoms with Crippen molar-refractivity contribution in [3.8, 4) is 11.3 Å². The van der Waals surface area contributed by atoms with E-state index in [1.165, 1.54) is 0 Å². The van der Waals surface area contributed by atoms with E-state index < -0.39 is 11.8 Å². The van der Waals surface area contributed by atoms with E-state index >= 15 is 0 Å². The summed E-state index contributed by atoms with van der Waals surface area (Å²) in [6.07, 6.45) is 4.99. The zero-order valence-corrected chi connectivity index (χ0v) is 19.8. The van der Waals surface area contributed by atoms with Crippen molar-refractivity contribution < 1.29 is 9.59 Å². The fourth-order valence-corrected chi connectivity index (χ4v) is 3.82. The summed E-state index contributed by atoms with van der Waals surface area (Å²) < 4.78 is 1.71. The van der Waals surface area contributed by atoms with Gasteiger partial charge >= 0.3 is 0 Å². The number of nitrogens with one attached hydrogen (secondary N) is 2. The van der Waals surface area contributed by atoms with E-state index in [4.69, 9.17) is 0 Å². The first-order chi connectivity index (χ1) is 17.1. The predicted molar refractivity (Wildman–Crippen MR) is 136 cm³/mol. The van der Waals surface area contributed by atoms with Crippen molar-refractivity contribution in [2.24, 2.45) is 0 Å². The average Bonchev–Trinajstić information content (AvgIpc) is 3.33. The van der Waals surface area contributed by atoms with Gasteiger partial charge in [-0.1, -0.05) is 30.3 Å². The molecule has 0 aliphatic heterocycles. The molecule has 0 saturated heterocycles. The van der Waals surface area contributed by atoms with Crippen LogP contribution in [0, 0.1) is 0 Å². The van der Waals surface area contributed by atoms with Crippen LogP contribution in [0.3, 0.4) is 0 Å². The number of amides is 2. The maximum atomic E-state index is 13.1. The molecule has 2 heterocycles. The van der Waals surface area contributed by atoms with Crippen LogP contribution in [0.5, 0.6) is 0 Å². The molecule has 4 rings (SSSR count). The van der Waals surface area contributed by atoms with Crippen molar-refractivity contribution in [1.82, 2.24) is 25.6 Å². The highest BCUT2D eigenvalue weighted by Crippen LogP contribution is 2.22. The predicted octanol–water partition coefficient (Wildman–Crippen LogP) is 3.91. The number of benzene rings is 2. The lowest BCUT2D eigenvalue weighted by Crippen LogP contribution is -2.41. The molecule has 0 radical (unpaired) electrons. The molecule has 2 aromatic carbocycles. The van der Waals surface area contributed by atoms with E-state index in [9.17, 15) is 9.59 Å². The number of hydrazine groups is 1. The molecule has 8 heteroatoms. The van der Waals surface area contributed by atoms with Crippen LogP contribution in [0.2, 0.25) is 0 Å². The van der Waals surface area contributed by atoms with Crippen LogP contribution in [-0.2, 0) is 6.54 Å². The monoisotopic (exact) mass is 468 g/mol. The van der Waals surface area contributed by atoms with Crippen molar-refractivity contribution >= 4 is 17.5 Å². The summed E-state index contributed by atoms with van der Waals surface area (Å²) in [5, 5.41) is 4.62. The molecule has 35 heavy (non-hydrogen) atoms. The summed E-state index contributed by atoms with van der Waals surface area (Å²) in [6.45, 7) is 6.44. The van der Waals surface area contributed by atoms with Crippen LogP contribution in [0.4, 0.5) is 5.69 Å². The lowest BCUT2D eigenvalue weighted by Gasteiger charge is -2.21. The van der Waals surface area contributed by atoms with Crippen molar-refractivity contribution in [2.45, 2.75) is 20.4 Å². The summed E-state index contributed by atoms with van der Waals surface area (Å²) in [5.74, 6) is -0.861. The zero-order valence-electron chi connectivity index (χ0n) is 19.8. The lowest BCUT2D eigenvalue weighted by atomic mass is 10.1. The molecule has 4 aromatic rings. The fourth-order valence-electron chi connectivity index (χ4n) is 3.82. The molecule has 8 nitrogen and oxygen atoms in total. The van der Waals surface area contributed by atoms with E-state index in [-0.39, 0.29) is 0 Å². The Balaban J connectivity index is 1.49. The van der Waals surface area contributed by atoms with Crippen molar-refractivity contribution in [1.29, 1.82) is 0 Å². The first-order valence-corrected chi connectivity index (χ1v) is 11.6. The number of hydrogen-bond acceptors (Lipinski definition) is 5. The lowest BCUT2D eigenvalue weighted by molar-refractivity contribution is 0.0847. The zero-order chi connectivity index (χ0) is 24.6. The van der Waals surface area contributed by atoms with Gasteiger partial charge in [-0.2, -0.15) is 5.10 Å². The summed E-state index contributed by atoms with van der Waals surface area (Å²) in [7, 11) is 0. The van der Waals surface area contributed by atoms with Crippen LogP contribution in [0.25, 0.3) is 11.3 Å². The second kappa shape index (κ2) is 11.1. The van der Waals surface area contributed by atoms with Gasteiger partial charge in [-0.05, 0) is 55.8 Å². The first-order valence-electron chi connectivity index (χ1n) is 11.6. The summed E-state index contributed by atoms with van der Waals surface area (Å²) in [4.78, 5) is 32.0. The minimum absolute atomic E-state index is 0.339. The SMILES string of the molecule is CCN(CC)c1ccc(C(=O)NNC(=O)c2cn(Cc3ccccc3)nc2-c2cccnc2)cc1. The molecule has 0 atom stereocenters. The van der Waals surface area contributed by atoms with Crippen molar-refractivity contribution in [2.75, 3.05) is 18.0 Å². The third kappa shape index (κ3) is 5.73. The molecule has 178 valence electrons. The minimum Gasteiger partial charge on any atom is -0.372 e. The Labute approximate surface area is 204 Å². The highest BCUT2D eigenvalue weighted by molar-refractivity contribution is 6.02. The molecular weight excluding hydrogens is 440 g/mol. The second-order valence-electron chi connectivity index (χ2n) is 7.94. The highest BCUT2D eigenvalue weighted by Gasteiger charge is 2.19. The molecule has 0 aliphatic carbocycles. The topological polar surface area (TPSA) is 92.2 Å². The number of carbonyl (C=O) groups excluding carboxylic acids is 2. The van der Waals surface area contributed by atoms with Gasteiger partial charge in [0, 0.05) is 48.5 Å². The van der Waals surface area contributed by atoms with Crippen LogP contribution < -0.4 is 15.8 Å². The van der Waals surface area contributed by atoms with Gasteiger partial charge in [0.1, 0.15) is 5.69 Å². The van der Waals surface area contributed by atoms with Crippen LogP contribution in [0.15, 0.2) is 85.3 Å². The molecular formula is C27H28N6O2. The summed E-state index contributed by atoms with van der Waals surface area (Å²) in [5.41, 5.74) is 9.12. The molecule has 0 aliphatic rings. The van der Waals surface area contributed by atoms with Crippen LogP contribution in [-0.4, -0.2) is 39.7 Å². The molecule has 0 fully saturated rings. The van der Waals surface area contributed by atoms with E-state index in [2.05, 4.69) is 39.7 Å². The number of anilines is 1. The minimum atomic E-state index is -0.462. The molecule has 0 spiro atoms. The number of pyridine rings is 1. The van der Waals surface area contributed by atoms with Gasteiger partial charge < -0.3 is 4.90 Å². The van der Waals surface area contributed by atoms with Gasteiger partial charge in [0.2, 0.25) is 0 Å². The quantitative estimate of drug-likeness (QED) is 0.383. The molecule has 0 bridgehead atoms. The molecule has 2 N–H and O–H groups in total. The van der Waals surface area contributed by atoms with E-state index in [0.29, 0.717) is 28.9 Å². The van der Waals surface area contributed by atoms with E-state index in [0.717, 1.165) is 24.3 Å².